The lowest BCUT2D eigenvalue weighted by molar-refractivity contribution is 0.875. The highest BCUT2D eigenvalue weighted by Crippen LogP contribution is 2.15. The molecule has 0 bridgehead atoms. The molecule has 0 saturated heterocycles. The second-order valence-corrected chi connectivity index (χ2v) is 3.18. The van der Waals surface area contributed by atoms with Gasteiger partial charge in [0, 0.05) is 0 Å². The number of allylic oxidation sites excluding steroid dienone is 4. The maximum Gasteiger partial charge on any atom is -0.0288 e. The third kappa shape index (κ3) is 2.38. The Bertz CT molecular complexity index is 141. The molecule has 0 aromatic carbocycles. The van der Waals surface area contributed by atoms with Gasteiger partial charge in [-0.15, -0.1) is 0 Å². The third-order valence-corrected chi connectivity index (χ3v) is 2.06. The molecule has 1 aliphatic carbocycles. The van der Waals surface area contributed by atoms with Gasteiger partial charge in [-0.1, -0.05) is 23.3 Å². The summed E-state index contributed by atoms with van der Waals surface area (Å²) in [6.07, 6.45) is 9.75. The Morgan fingerprint density at radius 1 is 0.900 bits per heavy atom. The molecule has 0 atom stereocenters. The van der Waals surface area contributed by atoms with Crippen LogP contribution in [0.5, 0.6) is 0 Å². The molecule has 0 heterocycles. The predicted molar refractivity (Wildman–Crippen MR) is 46.0 cm³/mol. The van der Waals surface area contributed by atoms with Crippen molar-refractivity contribution in [3.05, 3.63) is 23.3 Å². The number of hydrogen-bond acceptors (Lipinski definition) is 0. The fourth-order valence-corrected chi connectivity index (χ4v) is 1.30. The van der Waals surface area contributed by atoms with Crippen LogP contribution in [0.3, 0.4) is 0 Å². The van der Waals surface area contributed by atoms with Gasteiger partial charge in [-0.2, -0.15) is 0 Å². The van der Waals surface area contributed by atoms with Gasteiger partial charge in [-0.25, -0.2) is 0 Å². The van der Waals surface area contributed by atoms with Crippen LogP contribution in [0.4, 0.5) is 0 Å². The summed E-state index contributed by atoms with van der Waals surface area (Å²) in [6.45, 7) is 4.46. The molecule has 0 fully saturated rings. The van der Waals surface area contributed by atoms with E-state index in [9.17, 15) is 0 Å². The van der Waals surface area contributed by atoms with Gasteiger partial charge < -0.3 is 0 Å². The van der Waals surface area contributed by atoms with Gasteiger partial charge in [0.05, 0.1) is 0 Å². The van der Waals surface area contributed by atoms with E-state index in [0.29, 0.717) is 0 Å². The molecule has 0 nitrogen and oxygen atoms in total. The van der Waals surface area contributed by atoms with Crippen LogP contribution < -0.4 is 0 Å². The van der Waals surface area contributed by atoms with Crippen LogP contribution in [-0.4, -0.2) is 0 Å². The minimum atomic E-state index is 1.24. The van der Waals surface area contributed by atoms with Crippen LogP contribution in [0.25, 0.3) is 0 Å². The van der Waals surface area contributed by atoms with Crippen molar-refractivity contribution < 1.29 is 0 Å². The molecule has 0 N–H and O–H groups in total. The van der Waals surface area contributed by atoms with E-state index < -0.39 is 0 Å². The largest absolute Gasteiger partial charge is 0.0853 e. The summed E-state index contributed by atoms with van der Waals surface area (Å²) in [7, 11) is 0. The van der Waals surface area contributed by atoms with Crippen molar-refractivity contribution in [3.8, 4) is 0 Å². The van der Waals surface area contributed by atoms with Gasteiger partial charge in [0.15, 0.2) is 0 Å². The van der Waals surface area contributed by atoms with Crippen molar-refractivity contribution in [2.24, 2.45) is 0 Å². The van der Waals surface area contributed by atoms with E-state index in [1.165, 1.54) is 25.7 Å². The van der Waals surface area contributed by atoms with Gasteiger partial charge in [0.1, 0.15) is 0 Å². The average molecular weight is 136 g/mol. The topological polar surface area (TPSA) is 0 Å². The average Bonchev–Trinajstić information content (AvgIpc) is 1.84. The normalized spacial score (nSPS) is 31.0. The minimum absolute atomic E-state index is 1.24. The second kappa shape index (κ2) is 3.60. The highest BCUT2D eigenvalue weighted by Gasteiger charge is 1.95. The van der Waals surface area contributed by atoms with E-state index in [1.54, 1.807) is 11.1 Å². The zero-order valence-corrected chi connectivity index (χ0v) is 6.98. The molecule has 10 heavy (non-hydrogen) atoms. The lowest BCUT2D eigenvalue weighted by Gasteiger charge is -2.05. The number of rotatable bonds is 0. The van der Waals surface area contributed by atoms with Crippen LogP contribution >= 0.6 is 0 Å². The first-order valence-corrected chi connectivity index (χ1v) is 4.10. The smallest absolute Gasteiger partial charge is 0.0288 e. The molecular formula is C10H16. The van der Waals surface area contributed by atoms with E-state index in [-0.39, 0.29) is 0 Å². The van der Waals surface area contributed by atoms with Crippen LogP contribution in [0.15, 0.2) is 23.3 Å². The Morgan fingerprint density at radius 2 is 1.30 bits per heavy atom. The first-order valence-electron chi connectivity index (χ1n) is 4.10. The van der Waals surface area contributed by atoms with Crippen molar-refractivity contribution >= 4 is 0 Å². The lowest BCUT2D eigenvalue weighted by Crippen LogP contribution is -1.84. The predicted octanol–water partition coefficient (Wildman–Crippen LogP) is 3.45. The molecule has 0 spiro atoms. The summed E-state index contributed by atoms with van der Waals surface area (Å²) >= 11 is 0. The van der Waals surface area contributed by atoms with Crippen LogP contribution in [0, 0.1) is 0 Å². The van der Waals surface area contributed by atoms with E-state index in [4.69, 9.17) is 0 Å². The van der Waals surface area contributed by atoms with E-state index in [1.807, 2.05) is 0 Å². The molecule has 0 saturated carbocycles. The molecular weight excluding hydrogens is 120 g/mol. The zero-order chi connectivity index (χ0) is 7.40. The molecule has 0 amide bonds. The molecule has 0 aromatic heterocycles. The van der Waals surface area contributed by atoms with Crippen molar-refractivity contribution in [3.63, 3.8) is 0 Å². The van der Waals surface area contributed by atoms with Crippen molar-refractivity contribution in [1.82, 2.24) is 0 Å². The van der Waals surface area contributed by atoms with Crippen LogP contribution in [-0.2, 0) is 0 Å². The van der Waals surface area contributed by atoms with Gasteiger partial charge in [0.25, 0.3) is 0 Å². The van der Waals surface area contributed by atoms with E-state index >= 15 is 0 Å². The maximum atomic E-state index is 2.37. The summed E-state index contributed by atoms with van der Waals surface area (Å²) in [4.78, 5) is 0. The number of hydrogen-bond donors (Lipinski definition) is 0. The molecule has 0 aromatic rings. The fraction of sp³-hybridized carbons (Fsp3) is 0.600. The van der Waals surface area contributed by atoms with Crippen molar-refractivity contribution in [2.75, 3.05) is 0 Å². The molecule has 0 radical (unpaired) electrons. The molecule has 56 valence electrons. The quantitative estimate of drug-likeness (QED) is 0.447. The Hall–Kier alpha value is -0.520. The van der Waals surface area contributed by atoms with Crippen molar-refractivity contribution in [1.29, 1.82) is 0 Å². The molecule has 0 heteroatoms. The Kier molecular flexibility index (Phi) is 2.73. The minimum Gasteiger partial charge on any atom is -0.0853 e. The molecule has 0 aliphatic heterocycles. The monoisotopic (exact) mass is 136 g/mol. The van der Waals surface area contributed by atoms with Gasteiger partial charge in [0.2, 0.25) is 0 Å². The summed E-state index contributed by atoms with van der Waals surface area (Å²) in [6, 6.07) is 0. The second-order valence-electron chi connectivity index (χ2n) is 3.18. The molecule has 0 unspecified atom stereocenters. The highest BCUT2D eigenvalue weighted by atomic mass is 14.0. The van der Waals surface area contributed by atoms with Gasteiger partial charge in [-0.3, -0.25) is 0 Å². The van der Waals surface area contributed by atoms with Crippen molar-refractivity contribution in [2.45, 2.75) is 39.5 Å². The summed E-state index contributed by atoms with van der Waals surface area (Å²) in [5, 5.41) is 0. The van der Waals surface area contributed by atoms with Crippen LogP contribution in [0.2, 0.25) is 0 Å². The first-order chi connectivity index (χ1) is 4.79. The van der Waals surface area contributed by atoms with Gasteiger partial charge >= 0.3 is 0 Å². The highest BCUT2D eigenvalue weighted by molar-refractivity contribution is 5.08. The lowest BCUT2D eigenvalue weighted by atomic mass is 10.0. The zero-order valence-electron chi connectivity index (χ0n) is 6.98. The molecule has 1 rings (SSSR count). The summed E-state index contributed by atoms with van der Waals surface area (Å²) < 4.78 is 0. The van der Waals surface area contributed by atoms with Crippen LogP contribution in [0.1, 0.15) is 39.5 Å². The fourth-order valence-electron chi connectivity index (χ4n) is 1.30. The van der Waals surface area contributed by atoms with Gasteiger partial charge in [-0.05, 0) is 39.5 Å². The summed E-state index contributed by atoms with van der Waals surface area (Å²) in [5.41, 5.74) is 3.12. The Morgan fingerprint density at radius 3 is 1.70 bits per heavy atom. The summed E-state index contributed by atoms with van der Waals surface area (Å²) in [5.74, 6) is 0. The maximum absolute atomic E-state index is 2.37. The SMILES string of the molecule is C/C1=C/CC/C(C)=C\CC1. The Balaban J connectivity index is 2.48. The van der Waals surface area contributed by atoms with E-state index in [0.717, 1.165) is 0 Å². The third-order valence-electron chi connectivity index (χ3n) is 2.06. The Labute approximate surface area is 63.6 Å². The van der Waals surface area contributed by atoms with E-state index in [2.05, 4.69) is 26.0 Å². The standard InChI is InChI=1S/C10H16/c1-9-5-3-7-10(2)8-4-6-9/h5,8H,3-4,6-7H2,1-2H3/b9-5-,10-8-. The molecule has 1 aliphatic rings. The first kappa shape index (κ1) is 7.59.